The van der Waals surface area contributed by atoms with Gasteiger partial charge in [-0.15, -0.1) is 0 Å². The summed E-state index contributed by atoms with van der Waals surface area (Å²) in [5.74, 6) is -0.243. The first-order valence-corrected chi connectivity index (χ1v) is 7.20. The van der Waals surface area contributed by atoms with Crippen molar-refractivity contribution in [2.24, 2.45) is 5.92 Å². The molecule has 0 spiro atoms. The molecule has 1 aromatic carbocycles. The molecule has 1 fully saturated rings. The second-order valence-corrected chi connectivity index (χ2v) is 5.44. The fourth-order valence-electron chi connectivity index (χ4n) is 2.73. The Bertz CT molecular complexity index is 498. The third-order valence-electron chi connectivity index (χ3n) is 3.98. The van der Waals surface area contributed by atoms with E-state index in [0.29, 0.717) is 5.92 Å². The Morgan fingerprint density at radius 1 is 1.40 bits per heavy atom. The van der Waals surface area contributed by atoms with Gasteiger partial charge in [-0.05, 0) is 36.5 Å². The van der Waals surface area contributed by atoms with Crippen molar-refractivity contribution in [3.8, 4) is 0 Å². The maximum absolute atomic E-state index is 12.3. The molecule has 1 aromatic rings. The smallest absolute Gasteiger partial charge is 0.335 e. The standard InChI is InChI=1S/C16H21NO3/c1-2-12-6-4-8-17(11-12)15(18)10-13-5-3-7-14(9-13)16(19)20/h3,5,7,9,12H,2,4,6,8,10-11H2,1H3,(H,19,20). The van der Waals surface area contributed by atoms with Crippen LogP contribution in [-0.2, 0) is 11.2 Å². The monoisotopic (exact) mass is 275 g/mol. The molecule has 1 unspecified atom stereocenters. The minimum Gasteiger partial charge on any atom is -0.478 e. The highest BCUT2D eigenvalue weighted by Gasteiger charge is 2.22. The summed E-state index contributed by atoms with van der Waals surface area (Å²) >= 11 is 0. The Hall–Kier alpha value is -1.84. The van der Waals surface area contributed by atoms with Crippen LogP contribution < -0.4 is 0 Å². The van der Waals surface area contributed by atoms with Crippen LogP contribution in [0.2, 0.25) is 0 Å². The molecule has 1 saturated heterocycles. The average Bonchev–Trinajstić information content (AvgIpc) is 2.47. The molecule has 2 rings (SSSR count). The molecule has 4 nitrogen and oxygen atoms in total. The highest BCUT2D eigenvalue weighted by Crippen LogP contribution is 2.20. The zero-order valence-corrected chi connectivity index (χ0v) is 11.8. The van der Waals surface area contributed by atoms with E-state index in [1.165, 1.54) is 6.42 Å². The first-order chi connectivity index (χ1) is 9.60. The van der Waals surface area contributed by atoms with Crippen molar-refractivity contribution in [3.63, 3.8) is 0 Å². The number of hydrogen-bond donors (Lipinski definition) is 1. The van der Waals surface area contributed by atoms with Crippen LogP contribution in [0.3, 0.4) is 0 Å². The number of likely N-dealkylation sites (tertiary alicyclic amines) is 1. The molecule has 108 valence electrons. The summed E-state index contributed by atoms with van der Waals surface area (Å²) in [7, 11) is 0. The van der Waals surface area contributed by atoms with Crippen LogP contribution in [0.25, 0.3) is 0 Å². The number of benzene rings is 1. The molecule has 0 aromatic heterocycles. The average molecular weight is 275 g/mol. The van der Waals surface area contributed by atoms with Crippen LogP contribution in [0.5, 0.6) is 0 Å². The maximum Gasteiger partial charge on any atom is 0.335 e. The topological polar surface area (TPSA) is 57.6 Å². The van der Waals surface area contributed by atoms with Crippen molar-refractivity contribution in [1.29, 1.82) is 0 Å². The number of amides is 1. The predicted molar refractivity (Wildman–Crippen MR) is 76.7 cm³/mol. The van der Waals surface area contributed by atoms with Gasteiger partial charge in [0.05, 0.1) is 12.0 Å². The van der Waals surface area contributed by atoms with E-state index in [-0.39, 0.29) is 17.9 Å². The lowest BCUT2D eigenvalue weighted by atomic mass is 9.95. The molecule has 1 heterocycles. The van der Waals surface area contributed by atoms with Crippen LogP contribution in [0.15, 0.2) is 24.3 Å². The van der Waals surface area contributed by atoms with Crippen molar-refractivity contribution < 1.29 is 14.7 Å². The van der Waals surface area contributed by atoms with Gasteiger partial charge >= 0.3 is 5.97 Å². The molecule has 1 amide bonds. The van der Waals surface area contributed by atoms with Gasteiger partial charge in [0.1, 0.15) is 0 Å². The van der Waals surface area contributed by atoms with Crippen molar-refractivity contribution in [2.45, 2.75) is 32.6 Å². The third kappa shape index (κ3) is 3.59. The Morgan fingerprint density at radius 2 is 2.20 bits per heavy atom. The third-order valence-corrected chi connectivity index (χ3v) is 3.98. The second-order valence-electron chi connectivity index (χ2n) is 5.44. The lowest BCUT2D eigenvalue weighted by Gasteiger charge is -2.32. The first kappa shape index (κ1) is 14.6. The lowest BCUT2D eigenvalue weighted by molar-refractivity contribution is -0.132. The number of carbonyl (C=O) groups excluding carboxylic acids is 1. The number of hydrogen-bond acceptors (Lipinski definition) is 2. The molecule has 0 aliphatic carbocycles. The summed E-state index contributed by atoms with van der Waals surface area (Å²) in [6.07, 6.45) is 3.67. The number of carbonyl (C=O) groups is 2. The molecule has 1 aliphatic heterocycles. The van der Waals surface area contributed by atoms with E-state index in [1.54, 1.807) is 18.2 Å². The van der Waals surface area contributed by atoms with Crippen LogP contribution >= 0.6 is 0 Å². The molecular weight excluding hydrogens is 254 g/mol. The maximum atomic E-state index is 12.3. The fraction of sp³-hybridized carbons (Fsp3) is 0.500. The molecule has 0 radical (unpaired) electrons. The van der Waals surface area contributed by atoms with Gasteiger partial charge in [-0.2, -0.15) is 0 Å². The normalized spacial score (nSPS) is 18.9. The number of rotatable bonds is 4. The highest BCUT2D eigenvalue weighted by molar-refractivity contribution is 5.88. The van der Waals surface area contributed by atoms with Gasteiger partial charge in [-0.25, -0.2) is 4.79 Å². The molecule has 20 heavy (non-hydrogen) atoms. The summed E-state index contributed by atoms with van der Waals surface area (Å²) in [5, 5.41) is 8.96. The molecule has 0 saturated carbocycles. The van der Waals surface area contributed by atoms with Gasteiger partial charge in [-0.1, -0.05) is 25.5 Å². The minimum atomic E-state index is -0.955. The molecular formula is C16H21NO3. The lowest BCUT2D eigenvalue weighted by Crippen LogP contribution is -2.40. The molecule has 1 atom stereocenters. The Kier molecular flexibility index (Phi) is 4.77. The van der Waals surface area contributed by atoms with E-state index >= 15 is 0 Å². The summed E-state index contributed by atoms with van der Waals surface area (Å²) in [6, 6.07) is 6.63. The number of piperidine rings is 1. The van der Waals surface area contributed by atoms with E-state index in [9.17, 15) is 9.59 Å². The largest absolute Gasteiger partial charge is 0.478 e. The SMILES string of the molecule is CCC1CCCN(C(=O)Cc2cccc(C(=O)O)c2)C1. The first-order valence-electron chi connectivity index (χ1n) is 7.20. The van der Waals surface area contributed by atoms with E-state index < -0.39 is 5.97 Å². The van der Waals surface area contributed by atoms with Gasteiger partial charge in [0.2, 0.25) is 5.91 Å². The van der Waals surface area contributed by atoms with Crippen molar-refractivity contribution in [2.75, 3.05) is 13.1 Å². The van der Waals surface area contributed by atoms with Crippen molar-refractivity contribution >= 4 is 11.9 Å². The van der Waals surface area contributed by atoms with Gasteiger partial charge < -0.3 is 10.0 Å². The molecule has 4 heteroatoms. The second kappa shape index (κ2) is 6.55. The zero-order chi connectivity index (χ0) is 14.5. The molecule has 1 N–H and O–H groups in total. The van der Waals surface area contributed by atoms with Crippen LogP contribution in [-0.4, -0.2) is 35.0 Å². The minimum absolute atomic E-state index is 0.102. The Balaban J connectivity index is 2.00. The van der Waals surface area contributed by atoms with E-state index in [1.807, 2.05) is 11.0 Å². The van der Waals surface area contributed by atoms with Crippen LogP contribution in [0, 0.1) is 5.92 Å². The summed E-state index contributed by atoms with van der Waals surface area (Å²) in [5.41, 5.74) is 1.01. The van der Waals surface area contributed by atoms with E-state index in [0.717, 1.165) is 31.5 Å². The van der Waals surface area contributed by atoms with Gasteiger partial charge in [0.25, 0.3) is 0 Å². The summed E-state index contributed by atoms with van der Waals surface area (Å²) < 4.78 is 0. The number of aromatic carboxylic acids is 1. The van der Waals surface area contributed by atoms with Crippen LogP contribution in [0.4, 0.5) is 0 Å². The van der Waals surface area contributed by atoms with Crippen molar-refractivity contribution in [3.05, 3.63) is 35.4 Å². The van der Waals surface area contributed by atoms with Crippen LogP contribution in [0.1, 0.15) is 42.1 Å². The van der Waals surface area contributed by atoms with Gasteiger partial charge in [-0.3, -0.25) is 4.79 Å². The molecule has 0 bridgehead atoms. The molecule has 1 aliphatic rings. The van der Waals surface area contributed by atoms with E-state index in [4.69, 9.17) is 5.11 Å². The fourth-order valence-corrected chi connectivity index (χ4v) is 2.73. The Morgan fingerprint density at radius 3 is 2.90 bits per heavy atom. The highest BCUT2D eigenvalue weighted by atomic mass is 16.4. The van der Waals surface area contributed by atoms with E-state index in [2.05, 4.69) is 6.92 Å². The van der Waals surface area contributed by atoms with Gasteiger partial charge in [0.15, 0.2) is 0 Å². The van der Waals surface area contributed by atoms with Crippen molar-refractivity contribution in [1.82, 2.24) is 4.90 Å². The zero-order valence-electron chi connectivity index (χ0n) is 11.8. The quantitative estimate of drug-likeness (QED) is 0.918. The summed E-state index contributed by atoms with van der Waals surface area (Å²) in [6.45, 7) is 3.83. The van der Waals surface area contributed by atoms with Gasteiger partial charge in [0, 0.05) is 13.1 Å². The number of nitrogens with zero attached hydrogens (tertiary/aromatic N) is 1. The number of carboxylic acids is 1. The predicted octanol–water partition coefficient (Wildman–Crippen LogP) is 2.58. The number of carboxylic acid groups (broad SMARTS) is 1. The Labute approximate surface area is 119 Å². The summed E-state index contributed by atoms with van der Waals surface area (Å²) in [4.78, 5) is 25.1.